The average Bonchev–Trinajstić information content (AvgIpc) is 2.91. The molecule has 0 atom stereocenters. The summed E-state index contributed by atoms with van der Waals surface area (Å²) in [5.41, 5.74) is 1.18. The van der Waals surface area contributed by atoms with Crippen molar-refractivity contribution in [1.82, 2.24) is 9.55 Å². The van der Waals surface area contributed by atoms with Crippen molar-refractivity contribution in [2.75, 3.05) is 11.9 Å². The standard InChI is InChI=1S/C17H17N3O3S/c1-4-23-12-7-5-11(6-8-12)19-15(21)14-10(2)13-16(24-14)18-9-20(3)17(13)22/h5-9H,4H2,1-3H3,(H,19,21). The van der Waals surface area contributed by atoms with Gasteiger partial charge in [0.2, 0.25) is 0 Å². The third-order valence-corrected chi connectivity index (χ3v) is 4.84. The predicted molar refractivity (Wildman–Crippen MR) is 95.2 cm³/mol. The summed E-state index contributed by atoms with van der Waals surface area (Å²) >= 11 is 1.22. The lowest BCUT2D eigenvalue weighted by molar-refractivity contribution is 0.103. The summed E-state index contributed by atoms with van der Waals surface area (Å²) < 4.78 is 6.79. The Hall–Kier alpha value is -2.67. The summed E-state index contributed by atoms with van der Waals surface area (Å²) in [5.74, 6) is 0.503. The van der Waals surface area contributed by atoms with E-state index in [2.05, 4.69) is 10.3 Å². The topological polar surface area (TPSA) is 73.2 Å². The van der Waals surface area contributed by atoms with Crippen LogP contribution in [0, 0.1) is 6.92 Å². The number of aryl methyl sites for hydroxylation is 2. The Morgan fingerprint density at radius 3 is 2.71 bits per heavy atom. The first-order valence-electron chi connectivity index (χ1n) is 7.50. The molecule has 0 saturated carbocycles. The van der Waals surface area contributed by atoms with E-state index in [1.165, 1.54) is 22.2 Å². The monoisotopic (exact) mass is 343 g/mol. The van der Waals surface area contributed by atoms with Crippen molar-refractivity contribution >= 4 is 33.1 Å². The second-order valence-electron chi connectivity index (χ2n) is 5.31. The Morgan fingerprint density at radius 1 is 1.33 bits per heavy atom. The fourth-order valence-electron chi connectivity index (χ4n) is 2.41. The lowest BCUT2D eigenvalue weighted by atomic mass is 10.2. The number of aromatic nitrogens is 2. The maximum Gasteiger partial charge on any atom is 0.266 e. The molecule has 1 aromatic carbocycles. The van der Waals surface area contributed by atoms with Gasteiger partial charge >= 0.3 is 0 Å². The molecule has 1 amide bonds. The molecular formula is C17H17N3O3S. The van der Waals surface area contributed by atoms with Crippen LogP contribution in [0.1, 0.15) is 22.2 Å². The summed E-state index contributed by atoms with van der Waals surface area (Å²) in [6.07, 6.45) is 1.47. The van der Waals surface area contributed by atoms with Crippen LogP contribution in [0.5, 0.6) is 5.75 Å². The average molecular weight is 343 g/mol. The number of benzene rings is 1. The minimum Gasteiger partial charge on any atom is -0.494 e. The van der Waals surface area contributed by atoms with Gasteiger partial charge in [0.1, 0.15) is 10.6 Å². The van der Waals surface area contributed by atoms with Gasteiger partial charge in [0.15, 0.2) is 0 Å². The highest BCUT2D eigenvalue weighted by Gasteiger charge is 2.19. The quantitative estimate of drug-likeness (QED) is 0.790. The lowest BCUT2D eigenvalue weighted by Crippen LogP contribution is -2.17. The molecule has 6 nitrogen and oxygen atoms in total. The zero-order valence-corrected chi connectivity index (χ0v) is 14.4. The molecule has 2 heterocycles. The van der Waals surface area contributed by atoms with E-state index < -0.39 is 0 Å². The molecule has 124 valence electrons. The smallest absolute Gasteiger partial charge is 0.266 e. The molecule has 2 aromatic heterocycles. The first kappa shape index (κ1) is 16.2. The molecule has 0 aliphatic rings. The zero-order valence-electron chi connectivity index (χ0n) is 13.6. The number of nitrogens with zero attached hydrogens (tertiary/aromatic N) is 2. The molecular weight excluding hydrogens is 326 g/mol. The minimum atomic E-state index is -0.248. The zero-order chi connectivity index (χ0) is 17.3. The normalized spacial score (nSPS) is 10.8. The number of amides is 1. The summed E-state index contributed by atoms with van der Waals surface area (Å²) in [6.45, 7) is 4.28. The molecule has 0 saturated heterocycles. The summed E-state index contributed by atoms with van der Waals surface area (Å²) in [5, 5.41) is 3.34. The van der Waals surface area contributed by atoms with Gasteiger partial charge in [-0.15, -0.1) is 11.3 Å². The van der Waals surface area contributed by atoms with Crippen LogP contribution in [0.2, 0.25) is 0 Å². The lowest BCUT2D eigenvalue weighted by Gasteiger charge is -2.06. The van der Waals surface area contributed by atoms with Gasteiger partial charge < -0.3 is 14.6 Å². The molecule has 0 aliphatic heterocycles. The first-order valence-corrected chi connectivity index (χ1v) is 8.32. The molecule has 3 aromatic rings. The van der Waals surface area contributed by atoms with E-state index >= 15 is 0 Å². The van der Waals surface area contributed by atoms with E-state index in [-0.39, 0.29) is 11.5 Å². The number of rotatable bonds is 4. The van der Waals surface area contributed by atoms with Gasteiger partial charge in [-0.3, -0.25) is 9.59 Å². The molecule has 3 rings (SSSR count). The Balaban J connectivity index is 1.90. The van der Waals surface area contributed by atoms with Crippen molar-refractivity contribution in [3.8, 4) is 5.75 Å². The number of hydrogen-bond donors (Lipinski definition) is 1. The van der Waals surface area contributed by atoms with Crippen molar-refractivity contribution < 1.29 is 9.53 Å². The Bertz CT molecular complexity index is 958. The number of carbonyl (C=O) groups is 1. The highest BCUT2D eigenvalue weighted by Crippen LogP contribution is 2.27. The van der Waals surface area contributed by atoms with Crippen LogP contribution in [0.4, 0.5) is 5.69 Å². The van der Waals surface area contributed by atoms with E-state index in [0.29, 0.717) is 33.0 Å². The van der Waals surface area contributed by atoms with Gasteiger partial charge in [-0.1, -0.05) is 0 Å². The van der Waals surface area contributed by atoms with Crippen LogP contribution in [0.3, 0.4) is 0 Å². The first-order chi connectivity index (χ1) is 11.5. The van der Waals surface area contributed by atoms with Crippen LogP contribution in [0.25, 0.3) is 10.2 Å². The van der Waals surface area contributed by atoms with Crippen molar-refractivity contribution in [3.63, 3.8) is 0 Å². The van der Waals surface area contributed by atoms with Crippen molar-refractivity contribution in [2.45, 2.75) is 13.8 Å². The number of nitrogens with one attached hydrogen (secondary N) is 1. The number of fused-ring (bicyclic) bond motifs is 1. The van der Waals surface area contributed by atoms with Crippen LogP contribution < -0.4 is 15.6 Å². The third kappa shape index (κ3) is 2.90. The molecule has 7 heteroatoms. The van der Waals surface area contributed by atoms with Crippen LogP contribution in [0.15, 0.2) is 35.4 Å². The van der Waals surface area contributed by atoms with Gasteiger partial charge in [-0.05, 0) is 43.7 Å². The van der Waals surface area contributed by atoms with Crippen molar-refractivity contribution in [2.24, 2.45) is 7.05 Å². The van der Waals surface area contributed by atoms with Crippen LogP contribution >= 0.6 is 11.3 Å². The highest BCUT2D eigenvalue weighted by atomic mass is 32.1. The second-order valence-corrected chi connectivity index (χ2v) is 6.31. The third-order valence-electron chi connectivity index (χ3n) is 3.64. The number of thiophene rings is 1. The van der Waals surface area contributed by atoms with E-state index in [4.69, 9.17) is 4.74 Å². The summed E-state index contributed by atoms with van der Waals surface area (Å²) in [7, 11) is 1.64. The van der Waals surface area contributed by atoms with E-state index in [0.717, 1.165) is 5.75 Å². The molecule has 0 unspecified atom stereocenters. The Labute approximate surface area is 142 Å². The Morgan fingerprint density at radius 2 is 2.04 bits per heavy atom. The number of hydrogen-bond acceptors (Lipinski definition) is 5. The molecule has 1 N–H and O–H groups in total. The molecule has 0 aliphatic carbocycles. The van der Waals surface area contributed by atoms with Crippen LogP contribution in [-0.2, 0) is 7.05 Å². The van der Waals surface area contributed by atoms with Crippen molar-refractivity contribution in [1.29, 1.82) is 0 Å². The number of ether oxygens (including phenoxy) is 1. The minimum absolute atomic E-state index is 0.145. The molecule has 24 heavy (non-hydrogen) atoms. The second kappa shape index (κ2) is 6.45. The fraction of sp³-hybridized carbons (Fsp3) is 0.235. The van der Waals surface area contributed by atoms with Gasteiger partial charge in [0, 0.05) is 12.7 Å². The van der Waals surface area contributed by atoms with Gasteiger partial charge in [0.05, 0.1) is 23.2 Å². The molecule has 0 spiro atoms. The van der Waals surface area contributed by atoms with Gasteiger partial charge in [-0.2, -0.15) is 0 Å². The number of carbonyl (C=O) groups excluding carboxylic acids is 1. The predicted octanol–water partition coefficient (Wildman–Crippen LogP) is 2.95. The number of anilines is 1. The summed E-state index contributed by atoms with van der Waals surface area (Å²) in [4.78, 5) is 30.1. The Kier molecular flexibility index (Phi) is 4.35. The maximum atomic E-state index is 12.5. The van der Waals surface area contributed by atoms with Gasteiger partial charge in [0.25, 0.3) is 11.5 Å². The fourth-order valence-corrected chi connectivity index (χ4v) is 3.45. The largest absolute Gasteiger partial charge is 0.494 e. The van der Waals surface area contributed by atoms with Crippen LogP contribution in [-0.4, -0.2) is 22.1 Å². The maximum absolute atomic E-state index is 12.5. The highest BCUT2D eigenvalue weighted by molar-refractivity contribution is 7.20. The van der Waals surface area contributed by atoms with Crippen molar-refractivity contribution in [3.05, 3.63) is 51.4 Å². The van der Waals surface area contributed by atoms with E-state index in [9.17, 15) is 9.59 Å². The van der Waals surface area contributed by atoms with E-state index in [1.54, 1.807) is 38.2 Å². The summed E-state index contributed by atoms with van der Waals surface area (Å²) in [6, 6.07) is 7.16. The van der Waals surface area contributed by atoms with E-state index in [1.807, 2.05) is 6.92 Å². The molecule has 0 bridgehead atoms. The molecule has 0 fully saturated rings. The SMILES string of the molecule is CCOc1ccc(NC(=O)c2sc3ncn(C)c(=O)c3c2C)cc1. The van der Waals surface area contributed by atoms with Gasteiger partial charge in [-0.25, -0.2) is 4.98 Å². The molecule has 0 radical (unpaired) electrons.